The number of aromatic nitrogens is 1. The molecular formula is C22H15N3O2S. The summed E-state index contributed by atoms with van der Waals surface area (Å²) < 4.78 is 5.24. The number of carbonyl (C=O) groups excluding carboxylic acids is 1. The normalized spacial score (nSPS) is 19.4. The fraction of sp³-hybridized carbons (Fsp3) is 0.136. The molecule has 2 aliphatic rings. The van der Waals surface area contributed by atoms with Crippen LogP contribution in [0.3, 0.4) is 0 Å². The lowest BCUT2D eigenvalue weighted by Gasteiger charge is -2.27. The topological polar surface area (TPSA) is 66.2 Å². The lowest BCUT2D eigenvalue weighted by atomic mass is 9.94. The maximum absolute atomic E-state index is 13.4. The summed E-state index contributed by atoms with van der Waals surface area (Å²) >= 11 is 1.59. The van der Waals surface area contributed by atoms with Crippen LogP contribution >= 0.6 is 11.8 Å². The second-order valence-corrected chi connectivity index (χ2v) is 7.83. The molecular weight excluding hydrogens is 370 g/mol. The highest BCUT2D eigenvalue weighted by Gasteiger charge is 2.47. The molecule has 1 saturated heterocycles. The van der Waals surface area contributed by atoms with Crippen LogP contribution in [0, 0.1) is 11.3 Å². The highest BCUT2D eigenvalue weighted by molar-refractivity contribution is 8.01. The molecule has 28 heavy (non-hydrogen) atoms. The largest absolute Gasteiger partial charge is 0.497 e. The van der Waals surface area contributed by atoms with Gasteiger partial charge in [0.2, 0.25) is 5.91 Å². The molecule has 2 aromatic carbocycles. The molecule has 136 valence electrons. The number of carbonyl (C=O) groups is 1. The van der Waals surface area contributed by atoms with Crippen LogP contribution in [-0.2, 0) is 4.79 Å². The van der Waals surface area contributed by atoms with E-state index in [0.717, 1.165) is 33.8 Å². The second-order valence-electron chi connectivity index (χ2n) is 6.64. The van der Waals surface area contributed by atoms with E-state index in [-0.39, 0.29) is 16.5 Å². The van der Waals surface area contributed by atoms with E-state index in [1.807, 2.05) is 59.5 Å². The summed E-state index contributed by atoms with van der Waals surface area (Å²) in [6.45, 7) is 0. The third kappa shape index (κ3) is 2.40. The van der Waals surface area contributed by atoms with Crippen molar-refractivity contribution in [2.45, 2.75) is 10.6 Å². The zero-order chi connectivity index (χ0) is 19.3. The third-order valence-corrected chi connectivity index (χ3v) is 6.57. The molecule has 3 aromatic rings. The zero-order valence-corrected chi connectivity index (χ0v) is 15.8. The first-order valence-corrected chi connectivity index (χ1v) is 9.77. The maximum atomic E-state index is 13.4. The molecule has 2 unspecified atom stereocenters. The van der Waals surface area contributed by atoms with Gasteiger partial charge >= 0.3 is 0 Å². The number of thioether (sulfide) groups is 1. The van der Waals surface area contributed by atoms with Crippen LogP contribution in [0.15, 0.2) is 60.8 Å². The average Bonchev–Trinajstić information content (AvgIpc) is 3.02. The Morgan fingerprint density at radius 3 is 2.68 bits per heavy atom. The van der Waals surface area contributed by atoms with E-state index in [1.54, 1.807) is 25.1 Å². The van der Waals surface area contributed by atoms with Crippen LogP contribution in [0.5, 0.6) is 5.75 Å². The van der Waals surface area contributed by atoms with Crippen LogP contribution in [0.2, 0.25) is 0 Å². The van der Waals surface area contributed by atoms with Crippen molar-refractivity contribution in [3.05, 3.63) is 77.5 Å². The van der Waals surface area contributed by atoms with Crippen molar-refractivity contribution in [3.63, 3.8) is 0 Å². The molecule has 0 radical (unpaired) electrons. The number of hydrogen-bond acceptors (Lipinski definition) is 5. The number of hydrogen-bond donors (Lipinski definition) is 0. The van der Waals surface area contributed by atoms with Crippen molar-refractivity contribution >= 4 is 23.4 Å². The number of nitrogens with zero attached hydrogens (tertiary/aromatic N) is 3. The van der Waals surface area contributed by atoms with E-state index in [2.05, 4.69) is 11.1 Å². The van der Waals surface area contributed by atoms with Crippen LogP contribution in [0.4, 0.5) is 5.69 Å². The maximum Gasteiger partial charge on any atom is 0.245 e. The van der Waals surface area contributed by atoms with E-state index < -0.39 is 0 Å². The predicted molar refractivity (Wildman–Crippen MR) is 108 cm³/mol. The van der Waals surface area contributed by atoms with Crippen molar-refractivity contribution in [2.75, 3.05) is 12.0 Å². The average molecular weight is 385 g/mol. The summed E-state index contributed by atoms with van der Waals surface area (Å²) in [5, 5.41) is 8.83. The minimum absolute atomic E-state index is 0.0422. The van der Waals surface area contributed by atoms with Gasteiger partial charge in [-0.25, -0.2) is 0 Å². The van der Waals surface area contributed by atoms with E-state index in [1.165, 1.54) is 0 Å². The van der Waals surface area contributed by atoms with Crippen molar-refractivity contribution in [1.82, 2.24) is 4.98 Å². The summed E-state index contributed by atoms with van der Waals surface area (Å²) in [5.41, 5.74) is 4.95. The Balaban J connectivity index is 1.73. The van der Waals surface area contributed by atoms with Gasteiger partial charge in [-0.3, -0.25) is 14.7 Å². The summed E-state index contributed by atoms with van der Waals surface area (Å²) in [5.74, 6) is 0.781. The quantitative estimate of drug-likeness (QED) is 0.651. The number of amides is 1. The first kappa shape index (κ1) is 16.8. The number of methoxy groups -OCH3 is 1. The lowest BCUT2D eigenvalue weighted by molar-refractivity contribution is -0.117. The molecule has 3 heterocycles. The van der Waals surface area contributed by atoms with Gasteiger partial charge in [-0.15, -0.1) is 11.8 Å². The first-order valence-electron chi connectivity index (χ1n) is 8.83. The number of nitriles is 1. The number of pyridine rings is 1. The fourth-order valence-electron chi connectivity index (χ4n) is 3.81. The van der Waals surface area contributed by atoms with Gasteiger partial charge in [0, 0.05) is 23.0 Å². The van der Waals surface area contributed by atoms with E-state index in [9.17, 15) is 10.1 Å². The van der Waals surface area contributed by atoms with Crippen LogP contribution in [-0.4, -0.2) is 18.0 Å². The van der Waals surface area contributed by atoms with Gasteiger partial charge in [0.1, 0.15) is 22.4 Å². The molecule has 1 amide bonds. The Kier molecular flexibility index (Phi) is 3.85. The minimum atomic E-state index is -0.303. The molecule has 6 heteroatoms. The molecule has 0 N–H and O–H groups in total. The van der Waals surface area contributed by atoms with Crippen molar-refractivity contribution < 1.29 is 9.53 Å². The Morgan fingerprint density at radius 2 is 1.93 bits per heavy atom. The smallest absolute Gasteiger partial charge is 0.245 e. The van der Waals surface area contributed by atoms with Gasteiger partial charge < -0.3 is 4.74 Å². The molecule has 1 aromatic heterocycles. The molecule has 0 aliphatic carbocycles. The molecule has 0 saturated carbocycles. The van der Waals surface area contributed by atoms with Gasteiger partial charge in [-0.1, -0.05) is 24.3 Å². The summed E-state index contributed by atoms with van der Waals surface area (Å²) in [6.07, 6.45) is 1.60. The molecule has 2 bridgehead atoms. The van der Waals surface area contributed by atoms with Crippen molar-refractivity contribution in [2.24, 2.45) is 0 Å². The molecule has 2 atom stereocenters. The number of benzene rings is 2. The van der Waals surface area contributed by atoms with E-state index in [4.69, 9.17) is 4.74 Å². The summed E-state index contributed by atoms with van der Waals surface area (Å²) in [6, 6.07) is 19.4. The van der Waals surface area contributed by atoms with Crippen LogP contribution < -0.4 is 9.64 Å². The predicted octanol–water partition coefficient (Wildman–Crippen LogP) is 4.46. The summed E-state index contributed by atoms with van der Waals surface area (Å²) in [7, 11) is 1.62. The van der Waals surface area contributed by atoms with Crippen LogP contribution in [0.1, 0.15) is 27.3 Å². The fourth-order valence-corrected chi connectivity index (χ4v) is 5.33. The zero-order valence-electron chi connectivity index (χ0n) is 15.0. The van der Waals surface area contributed by atoms with Gasteiger partial charge in [-0.2, -0.15) is 5.26 Å². The molecule has 1 fully saturated rings. The SMILES string of the molecule is COc1ccc(N2C(=O)C3SC2c2cc(C#N)cnc2-c2ccccc23)cc1. The van der Waals surface area contributed by atoms with Crippen molar-refractivity contribution in [3.8, 4) is 23.1 Å². The number of anilines is 1. The summed E-state index contributed by atoms with van der Waals surface area (Å²) in [4.78, 5) is 19.8. The molecule has 5 rings (SSSR count). The monoisotopic (exact) mass is 385 g/mol. The third-order valence-electron chi connectivity index (χ3n) is 5.12. The Bertz CT molecular complexity index is 1140. The van der Waals surface area contributed by atoms with E-state index >= 15 is 0 Å². The lowest BCUT2D eigenvalue weighted by Crippen LogP contribution is -2.30. The molecule has 0 spiro atoms. The van der Waals surface area contributed by atoms with Crippen LogP contribution in [0.25, 0.3) is 11.3 Å². The number of fused-ring (bicyclic) bond motifs is 7. The molecule has 2 aliphatic heterocycles. The Labute approximate surface area is 166 Å². The minimum Gasteiger partial charge on any atom is -0.497 e. The van der Waals surface area contributed by atoms with E-state index in [0.29, 0.717) is 5.56 Å². The van der Waals surface area contributed by atoms with Gasteiger partial charge in [0.05, 0.1) is 18.4 Å². The Hall–Kier alpha value is -3.30. The first-order chi connectivity index (χ1) is 13.7. The molecule has 5 nitrogen and oxygen atoms in total. The van der Waals surface area contributed by atoms with Gasteiger partial charge in [0.15, 0.2) is 0 Å². The number of rotatable bonds is 2. The highest BCUT2D eigenvalue weighted by atomic mass is 32.2. The van der Waals surface area contributed by atoms with Gasteiger partial charge in [0.25, 0.3) is 0 Å². The van der Waals surface area contributed by atoms with Crippen molar-refractivity contribution in [1.29, 1.82) is 5.26 Å². The Morgan fingerprint density at radius 1 is 1.14 bits per heavy atom. The number of ether oxygens (including phenoxy) is 1. The second kappa shape index (κ2) is 6.39. The highest BCUT2D eigenvalue weighted by Crippen LogP contribution is 2.57. The standard InChI is InChI=1S/C22H15N3O2S/c1-27-15-8-6-14(7-9-15)25-21(26)20-17-5-3-2-4-16(17)19-18(22(25)28-20)10-13(11-23)12-24-19/h2-10,12,20,22H,1H3. The van der Waals surface area contributed by atoms with Gasteiger partial charge in [-0.05, 0) is 35.9 Å².